The van der Waals surface area contributed by atoms with E-state index in [9.17, 15) is 4.79 Å². The number of benzene rings is 2. The number of hydrogen-bond donors (Lipinski definition) is 1. The first kappa shape index (κ1) is 13.9. The second-order valence-corrected chi connectivity index (χ2v) is 4.47. The van der Waals surface area contributed by atoms with E-state index < -0.39 is 0 Å². The molecule has 2 rings (SSSR count). The first-order valence-corrected chi connectivity index (χ1v) is 6.30. The Morgan fingerprint density at radius 1 is 1.15 bits per heavy atom. The molecule has 98 valence electrons. The largest absolute Gasteiger partial charge is 0.321 e. The van der Waals surface area contributed by atoms with Crippen molar-refractivity contribution in [1.82, 2.24) is 0 Å². The maximum absolute atomic E-state index is 11.8. The van der Waals surface area contributed by atoms with Gasteiger partial charge in [0.05, 0.1) is 11.3 Å². The normalized spacial score (nSPS) is 10.2. The zero-order chi connectivity index (χ0) is 14.4. The lowest BCUT2D eigenvalue weighted by Crippen LogP contribution is -2.08. The summed E-state index contributed by atoms with van der Waals surface area (Å²) in [5.41, 5.74) is 1.81. The number of carbonyl (C=O) groups is 1. The number of nitrogens with one attached hydrogen (secondary N) is 1. The molecule has 0 bridgehead atoms. The number of rotatable bonds is 3. The van der Waals surface area contributed by atoms with Crippen molar-refractivity contribution in [2.75, 3.05) is 5.32 Å². The van der Waals surface area contributed by atoms with Crippen LogP contribution in [0.25, 0.3) is 6.08 Å². The van der Waals surface area contributed by atoms with Crippen molar-refractivity contribution in [2.45, 2.75) is 0 Å². The van der Waals surface area contributed by atoms with Crippen LogP contribution in [0.15, 0.2) is 54.6 Å². The first-order valence-electron chi connectivity index (χ1n) is 5.93. The van der Waals surface area contributed by atoms with Crippen LogP contribution in [-0.4, -0.2) is 5.91 Å². The highest BCUT2D eigenvalue weighted by molar-refractivity contribution is 6.30. The number of hydrogen-bond acceptors (Lipinski definition) is 2. The van der Waals surface area contributed by atoms with E-state index in [4.69, 9.17) is 16.9 Å². The molecule has 2 aromatic rings. The van der Waals surface area contributed by atoms with Crippen LogP contribution >= 0.6 is 11.6 Å². The van der Waals surface area contributed by atoms with Crippen molar-refractivity contribution in [3.05, 3.63) is 70.8 Å². The van der Waals surface area contributed by atoms with E-state index in [1.165, 1.54) is 6.08 Å². The van der Waals surface area contributed by atoms with Crippen molar-refractivity contribution in [3.63, 3.8) is 0 Å². The van der Waals surface area contributed by atoms with Gasteiger partial charge in [0.15, 0.2) is 0 Å². The Hall–Kier alpha value is -2.57. The molecule has 1 amide bonds. The molecule has 0 atom stereocenters. The van der Waals surface area contributed by atoms with Crippen molar-refractivity contribution in [1.29, 1.82) is 5.26 Å². The maximum Gasteiger partial charge on any atom is 0.248 e. The van der Waals surface area contributed by atoms with Crippen LogP contribution in [0.5, 0.6) is 0 Å². The van der Waals surface area contributed by atoms with E-state index >= 15 is 0 Å². The van der Waals surface area contributed by atoms with Gasteiger partial charge >= 0.3 is 0 Å². The van der Waals surface area contributed by atoms with Crippen molar-refractivity contribution in [3.8, 4) is 6.07 Å². The fourth-order valence-corrected chi connectivity index (χ4v) is 1.74. The fourth-order valence-electron chi connectivity index (χ4n) is 1.61. The molecule has 0 aliphatic rings. The van der Waals surface area contributed by atoms with E-state index in [0.29, 0.717) is 16.3 Å². The molecular formula is C16H11ClN2O. The standard InChI is InChI=1S/C16H11ClN2O/c17-14-8-5-12(6-9-14)7-10-16(20)19-15-4-2-1-3-13(15)11-18/h1-10H,(H,19,20). The number of anilines is 1. The van der Waals surface area contributed by atoms with E-state index in [1.807, 2.05) is 18.2 Å². The van der Waals surface area contributed by atoms with Crippen LogP contribution in [0.4, 0.5) is 5.69 Å². The highest BCUT2D eigenvalue weighted by Crippen LogP contribution is 2.14. The zero-order valence-corrected chi connectivity index (χ0v) is 11.3. The van der Waals surface area contributed by atoms with Crippen LogP contribution in [-0.2, 0) is 4.79 Å². The molecule has 0 saturated heterocycles. The van der Waals surface area contributed by atoms with Crippen molar-refractivity contribution < 1.29 is 4.79 Å². The number of carbonyl (C=O) groups excluding carboxylic acids is 1. The number of amides is 1. The Bertz CT molecular complexity index is 684. The summed E-state index contributed by atoms with van der Waals surface area (Å²) in [7, 11) is 0. The quantitative estimate of drug-likeness (QED) is 0.869. The van der Waals surface area contributed by atoms with Gasteiger partial charge in [-0.3, -0.25) is 4.79 Å². The summed E-state index contributed by atoms with van der Waals surface area (Å²) in [5.74, 6) is -0.289. The second kappa shape index (κ2) is 6.55. The summed E-state index contributed by atoms with van der Waals surface area (Å²) in [6, 6.07) is 16.0. The predicted octanol–water partition coefficient (Wildman–Crippen LogP) is 3.86. The van der Waals surface area contributed by atoms with Crippen LogP contribution in [0.2, 0.25) is 5.02 Å². The minimum atomic E-state index is -0.289. The summed E-state index contributed by atoms with van der Waals surface area (Å²) in [6.07, 6.45) is 3.10. The SMILES string of the molecule is N#Cc1ccccc1NC(=O)C=Cc1ccc(Cl)cc1. The molecular weight excluding hydrogens is 272 g/mol. The monoisotopic (exact) mass is 282 g/mol. The molecule has 20 heavy (non-hydrogen) atoms. The number of para-hydroxylation sites is 1. The molecule has 0 heterocycles. The third-order valence-corrected chi connectivity index (χ3v) is 2.85. The zero-order valence-electron chi connectivity index (χ0n) is 10.5. The Labute approximate surface area is 122 Å². The Morgan fingerprint density at radius 3 is 2.55 bits per heavy atom. The van der Waals surface area contributed by atoms with Gasteiger partial charge in [0.25, 0.3) is 0 Å². The maximum atomic E-state index is 11.8. The van der Waals surface area contributed by atoms with Gasteiger partial charge in [0.1, 0.15) is 6.07 Å². The molecule has 0 saturated carbocycles. The summed E-state index contributed by atoms with van der Waals surface area (Å²) in [5, 5.41) is 12.2. The molecule has 0 fully saturated rings. The molecule has 0 aliphatic carbocycles. The average molecular weight is 283 g/mol. The van der Waals surface area contributed by atoms with E-state index in [0.717, 1.165) is 5.56 Å². The molecule has 0 radical (unpaired) electrons. The highest BCUT2D eigenvalue weighted by Gasteiger charge is 2.02. The van der Waals surface area contributed by atoms with E-state index in [-0.39, 0.29) is 5.91 Å². The lowest BCUT2D eigenvalue weighted by atomic mass is 10.2. The highest BCUT2D eigenvalue weighted by atomic mass is 35.5. The lowest BCUT2D eigenvalue weighted by molar-refractivity contribution is -0.111. The number of nitrogens with zero attached hydrogens (tertiary/aromatic N) is 1. The third kappa shape index (κ3) is 3.71. The molecule has 3 nitrogen and oxygen atoms in total. The van der Waals surface area contributed by atoms with E-state index in [2.05, 4.69) is 5.32 Å². The number of nitriles is 1. The molecule has 1 N–H and O–H groups in total. The third-order valence-electron chi connectivity index (χ3n) is 2.60. The summed E-state index contributed by atoms with van der Waals surface area (Å²) in [6.45, 7) is 0. The van der Waals surface area contributed by atoms with Crippen LogP contribution < -0.4 is 5.32 Å². The average Bonchev–Trinajstić information content (AvgIpc) is 2.47. The summed E-state index contributed by atoms with van der Waals surface area (Å²) in [4.78, 5) is 11.8. The molecule has 4 heteroatoms. The van der Waals surface area contributed by atoms with Gasteiger partial charge < -0.3 is 5.32 Å². The molecule has 0 aliphatic heterocycles. The summed E-state index contributed by atoms with van der Waals surface area (Å²) < 4.78 is 0. The minimum Gasteiger partial charge on any atom is -0.321 e. The van der Waals surface area contributed by atoms with Gasteiger partial charge in [-0.1, -0.05) is 35.9 Å². The van der Waals surface area contributed by atoms with Crippen molar-refractivity contribution in [2.24, 2.45) is 0 Å². The van der Waals surface area contributed by atoms with Crippen LogP contribution in [0, 0.1) is 11.3 Å². The Kier molecular flexibility index (Phi) is 4.54. The second-order valence-electron chi connectivity index (χ2n) is 4.03. The van der Waals surface area contributed by atoms with Crippen LogP contribution in [0.1, 0.15) is 11.1 Å². The van der Waals surface area contributed by atoms with Crippen molar-refractivity contribution >= 4 is 29.3 Å². The molecule has 0 unspecified atom stereocenters. The van der Waals surface area contributed by atoms with Gasteiger partial charge in [0, 0.05) is 11.1 Å². The smallest absolute Gasteiger partial charge is 0.248 e. The topological polar surface area (TPSA) is 52.9 Å². The minimum absolute atomic E-state index is 0.289. The Balaban J connectivity index is 2.06. The predicted molar refractivity (Wildman–Crippen MR) is 80.3 cm³/mol. The lowest BCUT2D eigenvalue weighted by Gasteiger charge is -2.03. The number of halogens is 1. The van der Waals surface area contributed by atoms with Gasteiger partial charge in [0.2, 0.25) is 5.91 Å². The van der Waals surface area contributed by atoms with E-state index in [1.54, 1.807) is 42.5 Å². The van der Waals surface area contributed by atoms with Gasteiger partial charge in [-0.2, -0.15) is 5.26 Å². The van der Waals surface area contributed by atoms with Gasteiger partial charge in [-0.25, -0.2) is 0 Å². The fraction of sp³-hybridized carbons (Fsp3) is 0. The summed E-state index contributed by atoms with van der Waals surface area (Å²) >= 11 is 5.78. The van der Waals surface area contributed by atoms with Gasteiger partial charge in [-0.15, -0.1) is 0 Å². The molecule has 0 aromatic heterocycles. The molecule has 2 aromatic carbocycles. The first-order chi connectivity index (χ1) is 9.69. The van der Waals surface area contributed by atoms with Gasteiger partial charge in [-0.05, 0) is 35.9 Å². The Morgan fingerprint density at radius 2 is 1.85 bits per heavy atom. The van der Waals surface area contributed by atoms with Crippen LogP contribution in [0.3, 0.4) is 0 Å². The molecule has 0 spiro atoms.